The summed E-state index contributed by atoms with van der Waals surface area (Å²) in [5.74, 6) is -0.00424. The molecule has 0 fully saturated rings. The number of amides is 1. The average Bonchev–Trinajstić information content (AvgIpc) is 2.53. The first-order chi connectivity index (χ1) is 10.7. The first kappa shape index (κ1) is 14.6. The fourth-order valence-electron chi connectivity index (χ4n) is 2.44. The van der Waals surface area contributed by atoms with E-state index in [0.29, 0.717) is 11.4 Å². The normalized spacial score (nSPS) is 10.6. The Bertz CT molecular complexity index is 813. The molecule has 0 atom stereocenters. The van der Waals surface area contributed by atoms with Crippen LogP contribution in [0.2, 0.25) is 5.02 Å². The number of anilines is 1. The predicted molar refractivity (Wildman–Crippen MR) is 92.4 cm³/mol. The van der Waals surface area contributed by atoms with Crippen LogP contribution in [0.15, 0.2) is 66.7 Å². The molecule has 1 amide bonds. The lowest BCUT2D eigenvalue weighted by Gasteiger charge is -2.06. The van der Waals surface area contributed by atoms with Crippen LogP contribution in [0.5, 0.6) is 0 Å². The van der Waals surface area contributed by atoms with Crippen LogP contribution in [0, 0.1) is 0 Å². The summed E-state index contributed by atoms with van der Waals surface area (Å²) in [6.45, 7) is 0. The van der Waals surface area contributed by atoms with Crippen LogP contribution < -0.4 is 5.32 Å². The maximum absolute atomic E-state index is 12.0. The van der Waals surface area contributed by atoms with Gasteiger partial charge < -0.3 is 5.32 Å². The minimum atomic E-state index is -0.00424. The molecular formula is C19H16ClNO. The van der Waals surface area contributed by atoms with Crippen molar-refractivity contribution in [2.75, 3.05) is 5.32 Å². The van der Waals surface area contributed by atoms with Crippen molar-refractivity contribution in [1.29, 1.82) is 0 Å². The molecule has 0 bridgehead atoms. The third-order valence-electron chi connectivity index (χ3n) is 3.56. The molecule has 1 N–H and O–H groups in total. The van der Waals surface area contributed by atoms with E-state index in [-0.39, 0.29) is 5.91 Å². The van der Waals surface area contributed by atoms with E-state index in [1.165, 1.54) is 16.3 Å². The Morgan fingerprint density at radius 2 is 1.73 bits per heavy atom. The van der Waals surface area contributed by atoms with Gasteiger partial charge in [-0.3, -0.25) is 4.79 Å². The predicted octanol–water partition coefficient (Wildman–Crippen LogP) is 5.06. The summed E-state index contributed by atoms with van der Waals surface area (Å²) in [5.41, 5.74) is 1.90. The van der Waals surface area contributed by atoms with Gasteiger partial charge in [-0.05, 0) is 41.0 Å². The zero-order valence-electron chi connectivity index (χ0n) is 12.1. The van der Waals surface area contributed by atoms with Crippen molar-refractivity contribution < 1.29 is 4.79 Å². The number of carbonyl (C=O) groups excluding carboxylic acids is 1. The summed E-state index contributed by atoms with van der Waals surface area (Å²) < 4.78 is 0. The highest BCUT2D eigenvalue weighted by Crippen LogP contribution is 2.18. The van der Waals surface area contributed by atoms with Gasteiger partial charge in [-0.2, -0.15) is 0 Å². The Balaban J connectivity index is 1.62. The number of fused-ring (bicyclic) bond motifs is 1. The molecule has 0 saturated heterocycles. The van der Waals surface area contributed by atoms with Crippen molar-refractivity contribution >= 4 is 34.0 Å². The molecule has 110 valence electrons. The Morgan fingerprint density at radius 1 is 0.909 bits per heavy atom. The third kappa shape index (κ3) is 3.66. The van der Waals surface area contributed by atoms with Gasteiger partial charge in [0.25, 0.3) is 0 Å². The largest absolute Gasteiger partial charge is 0.326 e. The van der Waals surface area contributed by atoms with Crippen molar-refractivity contribution in [3.8, 4) is 0 Å². The van der Waals surface area contributed by atoms with E-state index in [4.69, 9.17) is 11.6 Å². The fraction of sp³-hybridized carbons (Fsp3) is 0.105. The molecule has 3 rings (SSSR count). The molecule has 3 aromatic rings. The van der Waals surface area contributed by atoms with Gasteiger partial charge in [0.15, 0.2) is 0 Å². The lowest BCUT2D eigenvalue weighted by atomic mass is 10.0. The van der Waals surface area contributed by atoms with E-state index in [9.17, 15) is 4.79 Å². The Morgan fingerprint density at radius 3 is 2.55 bits per heavy atom. The van der Waals surface area contributed by atoms with Gasteiger partial charge in [-0.15, -0.1) is 0 Å². The lowest BCUT2D eigenvalue weighted by molar-refractivity contribution is -0.116. The highest BCUT2D eigenvalue weighted by atomic mass is 35.5. The van der Waals surface area contributed by atoms with Gasteiger partial charge >= 0.3 is 0 Å². The highest BCUT2D eigenvalue weighted by molar-refractivity contribution is 6.30. The first-order valence-electron chi connectivity index (χ1n) is 7.24. The number of nitrogens with one attached hydrogen (secondary N) is 1. The highest BCUT2D eigenvalue weighted by Gasteiger charge is 2.04. The molecule has 22 heavy (non-hydrogen) atoms. The van der Waals surface area contributed by atoms with Crippen molar-refractivity contribution in [3.63, 3.8) is 0 Å². The monoisotopic (exact) mass is 309 g/mol. The van der Waals surface area contributed by atoms with Crippen molar-refractivity contribution in [1.82, 2.24) is 0 Å². The van der Waals surface area contributed by atoms with Gasteiger partial charge in [0, 0.05) is 17.1 Å². The minimum Gasteiger partial charge on any atom is -0.326 e. The molecule has 0 aromatic heterocycles. The number of rotatable bonds is 4. The van der Waals surface area contributed by atoms with Gasteiger partial charge in [0.2, 0.25) is 5.91 Å². The summed E-state index contributed by atoms with van der Waals surface area (Å²) in [4.78, 5) is 12.0. The fourth-order valence-corrected chi connectivity index (χ4v) is 2.63. The summed E-state index contributed by atoms with van der Waals surface area (Å²) in [7, 11) is 0. The van der Waals surface area contributed by atoms with E-state index < -0.39 is 0 Å². The first-order valence-corrected chi connectivity index (χ1v) is 7.61. The quantitative estimate of drug-likeness (QED) is 0.716. The Kier molecular flexibility index (Phi) is 4.40. The summed E-state index contributed by atoms with van der Waals surface area (Å²) in [6.07, 6.45) is 1.17. The van der Waals surface area contributed by atoms with Crippen molar-refractivity contribution in [2.24, 2.45) is 0 Å². The minimum absolute atomic E-state index is 0.00424. The maximum atomic E-state index is 12.0. The summed E-state index contributed by atoms with van der Waals surface area (Å²) >= 11 is 5.91. The molecule has 3 aromatic carbocycles. The molecule has 2 nitrogen and oxygen atoms in total. The van der Waals surface area contributed by atoms with Gasteiger partial charge in [-0.1, -0.05) is 60.1 Å². The maximum Gasteiger partial charge on any atom is 0.224 e. The average molecular weight is 310 g/mol. The van der Waals surface area contributed by atoms with Crippen LogP contribution in [-0.4, -0.2) is 5.91 Å². The smallest absolute Gasteiger partial charge is 0.224 e. The molecular weight excluding hydrogens is 294 g/mol. The Labute approximate surface area is 134 Å². The molecule has 0 aliphatic heterocycles. The number of carbonyl (C=O) groups is 1. The van der Waals surface area contributed by atoms with Crippen LogP contribution >= 0.6 is 11.6 Å². The standard InChI is InChI=1S/C19H16ClNO/c20-17-6-3-7-18(13-17)21-19(22)11-9-14-8-10-15-4-1-2-5-16(15)12-14/h1-8,10,12-13H,9,11H2,(H,21,22). The summed E-state index contributed by atoms with van der Waals surface area (Å²) in [5, 5.41) is 5.91. The zero-order chi connectivity index (χ0) is 15.4. The molecule has 3 heteroatoms. The van der Waals surface area contributed by atoms with Crippen molar-refractivity contribution in [2.45, 2.75) is 12.8 Å². The molecule has 0 spiro atoms. The molecule has 0 aliphatic rings. The van der Waals surface area contributed by atoms with Crippen LogP contribution in [0.3, 0.4) is 0 Å². The number of hydrogen-bond donors (Lipinski definition) is 1. The second-order valence-corrected chi connectivity index (χ2v) is 5.68. The lowest BCUT2D eigenvalue weighted by Crippen LogP contribution is -2.12. The SMILES string of the molecule is O=C(CCc1ccc2ccccc2c1)Nc1cccc(Cl)c1. The van der Waals surface area contributed by atoms with Gasteiger partial charge in [-0.25, -0.2) is 0 Å². The second kappa shape index (κ2) is 6.63. The van der Waals surface area contributed by atoms with E-state index >= 15 is 0 Å². The number of benzene rings is 3. The van der Waals surface area contributed by atoms with E-state index in [1.54, 1.807) is 12.1 Å². The van der Waals surface area contributed by atoms with E-state index in [2.05, 4.69) is 35.6 Å². The topological polar surface area (TPSA) is 29.1 Å². The zero-order valence-corrected chi connectivity index (χ0v) is 12.8. The van der Waals surface area contributed by atoms with Crippen LogP contribution in [0.4, 0.5) is 5.69 Å². The molecule has 0 radical (unpaired) electrons. The van der Waals surface area contributed by atoms with Crippen molar-refractivity contribution in [3.05, 3.63) is 77.3 Å². The Hall–Kier alpha value is -2.32. The summed E-state index contributed by atoms with van der Waals surface area (Å²) in [6, 6.07) is 21.7. The van der Waals surface area contributed by atoms with E-state index in [0.717, 1.165) is 12.1 Å². The molecule has 0 saturated carbocycles. The molecule has 0 heterocycles. The van der Waals surface area contributed by atoms with Gasteiger partial charge in [0.1, 0.15) is 0 Å². The molecule has 0 aliphatic carbocycles. The second-order valence-electron chi connectivity index (χ2n) is 5.24. The van der Waals surface area contributed by atoms with E-state index in [1.807, 2.05) is 24.3 Å². The number of halogens is 1. The van der Waals surface area contributed by atoms with Crippen LogP contribution in [0.25, 0.3) is 10.8 Å². The number of hydrogen-bond acceptors (Lipinski definition) is 1. The molecule has 0 unspecified atom stereocenters. The van der Waals surface area contributed by atoms with Crippen LogP contribution in [-0.2, 0) is 11.2 Å². The third-order valence-corrected chi connectivity index (χ3v) is 3.80. The van der Waals surface area contributed by atoms with Gasteiger partial charge in [0.05, 0.1) is 0 Å². The number of aryl methyl sites for hydroxylation is 1. The van der Waals surface area contributed by atoms with Crippen LogP contribution in [0.1, 0.15) is 12.0 Å².